The van der Waals surface area contributed by atoms with Gasteiger partial charge < -0.3 is 19.1 Å². The summed E-state index contributed by atoms with van der Waals surface area (Å²) in [6.45, 7) is 8.38. The smallest absolute Gasteiger partial charge is 0.416 e. The molecule has 0 N–H and O–H groups in total. The zero-order valence-electron chi connectivity index (χ0n) is 22.5. The number of carbonyl (C=O) groups is 1. The van der Waals surface area contributed by atoms with E-state index in [0.717, 1.165) is 17.4 Å². The van der Waals surface area contributed by atoms with E-state index < -0.39 is 17.3 Å². The maximum atomic E-state index is 13.6. The van der Waals surface area contributed by atoms with E-state index in [1.807, 2.05) is 42.7 Å². The van der Waals surface area contributed by atoms with Gasteiger partial charge in [-0.1, -0.05) is 18.2 Å². The molecule has 2 aromatic rings. The number of likely N-dealkylation sites (tertiary alicyclic amines) is 1. The van der Waals surface area contributed by atoms with Gasteiger partial charge in [0.1, 0.15) is 5.75 Å². The number of ether oxygens (including phenoxy) is 3. The van der Waals surface area contributed by atoms with Gasteiger partial charge in [-0.15, -0.1) is 0 Å². The van der Waals surface area contributed by atoms with E-state index >= 15 is 0 Å². The summed E-state index contributed by atoms with van der Waals surface area (Å²) < 4.78 is 58.4. The van der Waals surface area contributed by atoms with E-state index in [9.17, 15) is 18.0 Å². The molecule has 0 radical (unpaired) electrons. The van der Waals surface area contributed by atoms with Crippen LogP contribution in [0.15, 0.2) is 42.5 Å². The van der Waals surface area contributed by atoms with Crippen LogP contribution in [0.4, 0.5) is 13.2 Å². The summed E-state index contributed by atoms with van der Waals surface area (Å²) in [5, 5.41) is 0. The van der Waals surface area contributed by atoms with E-state index in [2.05, 4.69) is 0 Å². The largest absolute Gasteiger partial charge is 0.491 e. The third-order valence-corrected chi connectivity index (χ3v) is 7.21. The molecule has 4 rings (SSSR count). The Kier molecular flexibility index (Phi) is 8.69. The number of halogens is 3. The van der Waals surface area contributed by atoms with Crippen molar-refractivity contribution in [3.63, 3.8) is 0 Å². The Hall–Kier alpha value is -2.62. The predicted molar refractivity (Wildman–Crippen MR) is 138 cm³/mol. The number of nitrogens with zero attached hydrogens (tertiary/aromatic N) is 2. The molecule has 1 spiro atoms. The highest BCUT2D eigenvalue weighted by atomic mass is 19.4. The molecule has 2 fully saturated rings. The number of alkyl halides is 3. The molecular formula is C29H37F3N2O4. The molecule has 38 heavy (non-hydrogen) atoms. The topological polar surface area (TPSA) is 51.2 Å². The Morgan fingerprint density at radius 2 is 1.87 bits per heavy atom. The Morgan fingerprint density at radius 3 is 2.50 bits per heavy atom. The summed E-state index contributed by atoms with van der Waals surface area (Å²) in [6.07, 6.45) is -3.42. The highest BCUT2D eigenvalue weighted by Crippen LogP contribution is 2.36. The summed E-state index contributed by atoms with van der Waals surface area (Å²) in [5.41, 5.74) is 0.619. The second kappa shape index (κ2) is 11.6. The maximum Gasteiger partial charge on any atom is 0.416 e. The Bertz CT molecular complexity index is 1110. The highest BCUT2D eigenvalue weighted by Gasteiger charge is 2.44. The van der Waals surface area contributed by atoms with Crippen molar-refractivity contribution in [1.82, 2.24) is 9.80 Å². The number of morpholine rings is 1. The minimum absolute atomic E-state index is 0.0424. The zero-order chi connectivity index (χ0) is 27.5. The monoisotopic (exact) mass is 534 g/mol. The molecule has 0 aliphatic carbocycles. The van der Waals surface area contributed by atoms with Gasteiger partial charge in [-0.05, 0) is 69.0 Å². The van der Waals surface area contributed by atoms with Gasteiger partial charge in [0.15, 0.2) is 0 Å². The number of hydrogen-bond donors (Lipinski definition) is 0. The molecule has 0 bridgehead atoms. The number of carbonyl (C=O) groups excluding carboxylic acids is 1. The van der Waals surface area contributed by atoms with Crippen LogP contribution in [0.25, 0.3) is 0 Å². The van der Waals surface area contributed by atoms with Crippen LogP contribution in [-0.2, 0) is 22.2 Å². The van der Waals surface area contributed by atoms with Gasteiger partial charge in [0.2, 0.25) is 0 Å². The number of hydrogen-bond acceptors (Lipinski definition) is 5. The summed E-state index contributed by atoms with van der Waals surface area (Å²) >= 11 is 0. The van der Waals surface area contributed by atoms with Crippen LogP contribution in [0.5, 0.6) is 5.75 Å². The van der Waals surface area contributed by atoms with Crippen molar-refractivity contribution in [3.05, 3.63) is 64.7 Å². The lowest BCUT2D eigenvalue weighted by molar-refractivity contribution is -0.187. The van der Waals surface area contributed by atoms with Gasteiger partial charge in [-0.3, -0.25) is 9.69 Å². The minimum atomic E-state index is -4.41. The quantitative estimate of drug-likeness (QED) is 0.481. The van der Waals surface area contributed by atoms with Crippen LogP contribution in [0.1, 0.15) is 53.7 Å². The van der Waals surface area contributed by atoms with Gasteiger partial charge in [-0.2, -0.15) is 13.2 Å². The first kappa shape index (κ1) is 28.4. The fourth-order valence-corrected chi connectivity index (χ4v) is 5.50. The van der Waals surface area contributed by atoms with Crippen LogP contribution in [0, 0.1) is 6.92 Å². The molecular weight excluding hydrogens is 497 g/mol. The van der Waals surface area contributed by atoms with E-state index in [1.54, 1.807) is 19.2 Å². The molecule has 1 amide bonds. The molecule has 2 aromatic carbocycles. The van der Waals surface area contributed by atoms with Crippen LogP contribution in [0.2, 0.25) is 0 Å². The standard InChI is InChI=1S/C29H37F3N2O4/c1-20(2)37-26-10-9-22(15-21(26)3)27(35)34-13-11-28(12-14-34)19-33(17-24(38-28)18-36-4)16-23-7-5-6-8-25(23)29(30,31)32/h5-10,15,20,24H,11-14,16-19H2,1-4H3. The SMILES string of the molecule is COCC1CN(Cc2ccccc2C(F)(F)F)CC2(CCN(C(=O)c3ccc(OC(C)C)c(C)c3)CC2)O1. The molecule has 1 atom stereocenters. The number of amides is 1. The van der Waals surface area contributed by atoms with Gasteiger partial charge in [0.05, 0.1) is 30.0 Å². The third kappa shape index (κ3) is 6.68. The first-order valence-electron chi connectivity index (χ1n) is 13.1. The van der Waals surface area contributed by atoms with Crippen molar-refractivity contribution < 1.29 is 32.2 Å². The second-order valence-electron chi connectivity index (χ2n) is 10.6. The lowest BCUT2D eigenvalue weighted by atomic mass is 9.88. The molecule has 0 aromatic heterocycles. The van der Waals surface area contributed by atoms with Crippen LogP contribution in [-0.4, -0.2) is 73.4 Å². The normalized spacial score (nSPS) is 20.2. The van der Waals surface area contributed by atoms with Crippen LogP contribution < -0.4 is 4.74 Å². The number of rotatable bonds is 7. The Balaban J connectivity index is 1.45. The van der Waals surface area contributed by atoms with E-state index in [1.165, 1.54) is 12.1 Å². The van der Waals surface area contributed by atoms with Crippen LogP contribution >= 0.6 is 0 Å². The average Bonchev–Trinajstić information content (AvgIpc) is 2.85. The minimum Gasteiger partial charge on any atom is -0.491 e. The summed E-state index contributed by atoms with van der Waals surface area (Å²) in [7, 11) is 1.59. The van der Waals surface area contributed by atoms with E-state index in [0.29, 0.717) is 51.2 Å². The van der Waals surface area contributed by atoms with Crippen LogP contribution in [0.3, 0.4) is 0 Å². The number of aryl methyl sites for hydroxylation is 1. The van der Waals surface area contributed by atoms with Crippen molar-refractivity contribution >= 4 is 5.91 Å². The number of benzene rings is 2. The fraction of sp³-hybridized carbons (Fsp3) is 0.552. The second-order valence-corrected chi connectivity index (χ2v) is 10.6. The molecule has 2 heterocycles. The van der Waals surface area contributed by atoms with Crippen molar-refractivity contribution in [2.75, 3.05) is 39.9 Å². The van der Waals surface area contributed by atoms with Crippen molar-refractivity contribution in [3.8, 4) is 5.75 Å². The molecule has 2 aliphatic rings. The molecule has 208 valence electrons. The molecule has 2 aliphatic heterocycles. The first-order valence-corrected chi connectivity index (χ1v) is 13.1. The van der Waals surface area contributed by atoms with Gasteiger partial charge in [0, 0.05) is 45.4 Å². The number of methoxy groups -OCH3 is 1. The zero-order valence-corrected chi connectivity index (χ0v) is 22.5. The highest BCUT2D eigenvalue weighted by molar-refractivity contribution is 5.94. The van der Waals surface area contributed by atoms with Crippen molar-refractivity contribution in [1.29, 1.82) is 0 Å². The lowest BCUT2D eigenvalue weighted by Gasteiger charge is -2.50. The Labute approximate surface area is 222 Å². The number of piperidine rings is 1. The summed E-state index contributed by atoms with van der Waals surface area (Å²) in [6, 6.07) is 11.2. The average molecular weight is 535 g/mol. The van der Waals surface area contributed by atoms with Crippen molar-refractivity contribution in [2.24, 2.45) is 0 Å². The molecule has 9 heteroatoms. The fourth-order valence-electron chi connectivity index (χ4n) is 5.50. The van der Waals surface area contributed by atoms with Gasteiger partial charge in [0.25, 0.3) is 5.91 Å². The summed E-state index contributed by atoms with van der Waals surface area (Å²) in [4.78, 5) is 17.1. The predicted octanol–water partition coefficient (Wildman–Crippen LogP) is 5.32. The Morgan fingerprint density at radius 1 is 1.16 bits per heavy atom. The van der Waals surface area contributed by atoms with Gasteiger partial charge in [-0.25, -0.2) is 0 Å². The molecule has 2 saturated heterocycles. The third-order valence-electron chi connectivity index (χ3n) is 7.21. The van der Waals surface area contributed by atoms with E-state index in [-0.39, 0.29) is 30.2 Å². The van der Waals surface area contributed by atoms with E-state index in [4.69, 9.17) is 14.2 Å². The maximum absolute atomic E-state index is 13.6. The summed E-state index contributed by atoms with van der Waals surface area (Å²) in [5.74, 6) is 0.723. The molecule has 1 unspecified atom stereocenters. The first-order chi connectivity index (χ1) is 18.0. The molecule has 0 saturated carbocycles. The van der Waals surface area contributed by atoms with Gasteiger partial charge >= 0.3 is 6.18 Å². The molecule has 6 nitrogen and oxygen atoms in total. The van der Waals surface area contributed by atoms with Crippen molar-refractivity contribution in [2.45, 2.75) is 64.1 Å². The lowest BCUT2D eigenvalue weighted by Crippen LogP contribution is -2.60.